The minimum absolute atomic E-state index is 0.0592. The third-order valence-corrected chi connectivity index (χ3v) is 7.24. The summed E-state index contributed by atoms with van der Waals surface area (Å²) in [6, 6.07) is 12.8. The predicted octanol–water partition coefficient (Wildman–Crippen LogP) is 5.40. The highest BCUT2D eigenvalue weighted by molar-refractivity contribution is 6.36. The summed E-state index contributed by atoms with van der Waals surface area (Å²) in [6.45, 7) is 1.45. The van der Waals surface area contributed by atoms with Gasteiger partial charge in [0.25, 0.3) is 11.8 Å². The van der Waals surface area contributed by atoms with E-state index in [1.54, 1.807) is 11.0 Å². The maximum absolute atomic E-state index is 13.8. The van der Waals surface area contributed by atoms with Crippen molar-refractivity contribution in [3.63, 3.8) is 0 Å². The Morgan fingerprint density at radius 2 is 1.77 bits per heavy atom. The molecule has 1 aliphatic heterocycles. The van der Waals surface area contributed by atoms with E-state index in [2.05, 4.69) is 15.2 Å². The molecule has 1 aliphatic carbocycles. The van der Waals surface area contributed by atoms with Gasteiger partial charge in [0.15, 0.2) is 0 Å². The van der Waals surface area contributed by atoms with Gasteiger partial charge in [-0.2, -0.15) is 0 Å². The summed E-state index contributed by atoms with van der Waals surface area (Å²) in [7, 11) is 0. The number of aliphatic carboxylic acids is 1. The SMILES string of the molecule is O=C(O)CCCNC(=O)c1cc(Cl)c(Oc2ccncc2C(=O)N2CCN(C3CC3)c3ccccc32)cc1Cl. The number of benzene rings is 2. The average Bonchev–Trinajstić information content (AvgIpc) is 3.77. The smallest absolute Gasteiger partial charge is 0.303 e. The molecule has 2 aliphatic rings. The summed E-state index contributed by atoms with van der Waals surface area (Å²) in [4.78, 5) is 45.2. The first-order valence-electron chi connectivity index (χ1n) is 12.6. The Labute approximate surface area is 235 Å². The fourth-order valence-electron chi connectivity index (χ4n) is 4.57. The average molecular weight is 569 g/mol. The summed E-state index contributed by atoms with van der Waals surface area (Å²) in [5, 5.41) is 11.6. The van der Waals surface area contributed by atoms with E-state index in [-0.39, 0.29) is 58.0 Å². The maximum atomic E-state index is 13.8. The maximum Gasteiger partial charge on any atom is 0.303 e. The number of hydrogen-bond acceptors (Lipinski definition) is 6. The van der Waals surface area contributed by atoms with Gasteiger partial charge in [0, 0.05) is 50.6 Å². The third-order valence-electron chi connectivity index (χ3n) is 6.63. The number of carboxylic acids is 1. The van der Waals surface area contributed by atoms with Crippen LogP contribution in [-0.2, 0) is 4.79 Å². The molecule has 2 amide bonds. The standard InChI is InChI=1S/C28H26Cl2N4O5/c29-20-15-25(21(30)14-18(20)27(37)32-10-3-6-26(35)36)39-24-9-11-31-16-19(24)28(38)34-13-12-33(17-7-8-17)22-4-1-2-5-23(22)34/h1-2,4-5,9,11,14-17H,3,6-8,10,12-13H2,(H,32,37)(H,35,36). The first-order valence-corrected chi connectivity index (χ1v) is 13.4. The van der Waals surface area contributed by atoms with Crippen LogP contribution in [-0.4, -0.2) is 53.6 Å². The summed E-state index contributed by atoms with van der Waals surface area (Å²) in [5.74, 6) is -1.25. The van der Waals surface area contributed by atoms with Gasteiger partial charge in [-0.15, -0.1) is 0 Å². The molecule has 0 spiro atoms. The van der Waals surface area contributed by atoms with E-state index in [0.29, 0.717) is 12.6 Å². The topological polar surface area (TPSA) is 112 Å². The molecule has 39 heavy (non-hydrogen) atoms. The van der Waals surface area contributed by atoms with E-state index in [1.807, 2.05) is 24.3 Å². The van der Waals surface area contributed by atoms with E-state index >= 15 is 0 Å². The van der Waals surface area contributed by atoms with Crippen LogP contribution >= 0.6 is 23.2 Å². The van der Waals surface area contributed by atoms with Crippen molar-refractivity contribution in [3.05, 3.63) is 76.0 Å². The largest absolute Gasteiger partial charge is 0.481 e. The Morgan fingerprint density at radius 3 is 2.51 bits per heavy atom. The van der Waals surface area contributed by atoms with Crippen LogP contribution in [0.15, 0.2) is 54.9 Å². The van der Waals surface area contributed by atoms with Crippen molar-refractivity contribution < 1.29 is 24.2 Å². The molecule has 11 heteroatoms. The molecule has 0 atom stereocenters. The Morgan fingerprint density at radius 1 is 1.00 bits per heavy atom. The number of ether oxygens (including phenoxy) is 1. The van der Waals surface area contributed by atoms with Gasteiger partial charge in [-0.05, 0) is 43.5 Å². The van der Waals surface area contributed by atoms with Crippen LogP contribution < -0.4 is 19.9 Å². The Kier molecular flexibility index (Phi) is 7.90. The Hall–Kier alpha value is -3.82. The van der Waals surface area contributed by atoms with Gasteiger partial charge in [0.1, 0.15) is 17.1 Å². The number of nitrogens with one attached hydrogen (secondary N) is 1. The minimum atomic E-state index is -0.939. The van der Waals surface area contributed by atoms with Crippen molar-refractivity contribution in [1.29, 1.82) is 0 Å². The number of nitrogens with zero attached hydrogens (tertiary/aromatic N) is 3. The molecular formula is C28H26Cl2N4O5. The number of halogens is 2. The number of carboxylic acid groups (broad SMARTS) is 1. The normalized spacial score (nSPS) is 14.5. The van der Waals surface area contributed by atoms with Crippen molar-refractivity contribution in [1.82, 2.24) is 10.3 Å². The van der Waals surface area contributed by atoms with Crippen LogP contribution in [0, 0.1) is 0 Å². The van der Waals surface area contributed by atoms with Gasteiger partial charge in [-0.1, -0.05) is 35.3 Å². The molecule has 0 saturated heterocycles. The van der Waals surface area contributed by atoms with E-state index in [1.165, 1.54) is 24.5 Å². The van der Waals surface area contributed by atoms with E-state index in [0.717, 1.165) is 30.8 Å². The highest BCUT2D eigenvalue weighted by Gasteiger charge is 2.36. The Balaban J connectivity index is 1.35. The van der Waals surface area contributed by atoms with Crippen LogP contribution in [0.5, 0.6) is 11.5 Å². The van der Waals surface area contributed by atoms with Crippen molar-refractivity contribution in [3.8, 4) is 11.5 Å². The quantitative estimate of drug-likeness (QED) is 0.332. The van der Waals surface area contributed by atoms with Crippen LogP contribution in [0.2, 0.25) is 10.0 Å². The molecule has 0 radical (unpaired) electrons. The molecule has 0 bridgehead atoms. The fourth-order valence-corrected chi connectivity index (χ4v) is 5.01. The molecule has 1 fully saturated rings. The third kappa shape index (κ3) is 5.94. The first-order chi connectivity index (χ1) is 18.8. The molecule has 5 rings (SSSR count). The summed E-state index contributed by atoms with van der Waals surface area (Å²) in [6.07, 6.45) is 5.53. The van der Waals surface area contributed by atoms with Crippen molar-refractivity contribution in [2.45, 2.75) is 31.7 Å². The van der Waals surface area contributed by atoms with Crippen molar-refractivity contribution >= 4 is 52.4 Å². The van der Waals surface area contributed by atoms with E-state index < -0.39 is 11.9 Å². The molecule has 1 aromatic heterocycles. The lowest BCUT2D eigenvalue weighted by Gasteiger charge is -2.38. The summed E-state index contributed by atoms with van der Waals surface area (Å²) in [5.41, 5.74) is 2.27. The predicted molar refractivity (Wildman–Crippen MR) is 148 cm³/mol. The van der Waals surface area contributed by atoms with Gasteiger partial charge < -0.3 is 25.0 Å². The zero-order chi connectivity index (χ0) is 27.5. The number of rotatable bonds is 9. The molecule has 0 unspecified atom stereocenters. The number of hydrogen-bond donors (Lipinski definition) is 2. The molecule has 2 aromatic carbocycles. The molecular weight excluding hydrogens is 543 g/mol. The zero-order valence-corrected chi connectivity index (χ0v) is 22.4. The minimum Gasteiger partial charge on any atom is -0.481 e. The lowest BCUT2D eigenvalue weighted by atomic mass is 10.1. The van der Waals surface area contributed by atoms with Gasteiger partial charge in [-0.3, -0.25) is 19.4 Å². The number of anilines is 2. The highest BCUT2D eigenvalue weighted by atomic mass is 35.5. The molecule has 1 saturated carbocycles. The molecule has 3 aromatic rings. The molecule has 9 nitrogen and oxygen atoms in total. The van der Waals surface area contributed by atoms with E-state index in [9.17, 15) is 14.4 Å². The van der Waals surface area contributed by atoms with Gasteiger partial charge >= 0.3 is 5.97 Å². The number of para-hydroxylation sites is 2. The number of carbonyl (C=O) groups is 3. The number of pyridine rings is 1. The van der Waals surface area contributed by atoms with Crippen LogP contribution in [0.1, 0.15) is 46.4 Å². The molecule has 2 N–H and O–H groups in total. The van der Waals surface area contributed by atoms with Crippen LogP contribution in [0.4, 0.5) is 11.4 Å². The summed E-state index contributed by atoms with van der Waals surface area (Å²) >= 11 is 12.8. The number of carbonyl (C=O) groups excluding carboxylic acids is 2. The lowest BCUT2D eigenvalue weighted by Crippen LogP contribution is -2.45. The summed E-state index contributed by atoms with van der Waals surface area (Å²) < 4.78 is 6.04. The van der Waals surface area contributed by atoms with Crippen molar-refractivity contribution in [2.24, 2.45) is 0 Å². The molecule has 202 valence electrons. The number of amides is 2. The Bertz CT molecular complexity index is 1430. The first kappa shape index (κ1) is 26.8. The number of aromatic nitrogens is 1. The van der Waals surface area contributed by atoms with Crippen molar-refractivity contribution in [2.75, 3.05) is 29.4 Å². The second-order valence-corrected chi connectivity index (χ2v) is 10.2. The second-order valence-electron chi connectivity index (χ2n) is 9.36. The highest BCUT2D eigenvalue weighted by Crippen LogP contribution is 2.41. The van der Waals surface area contributed by atoms with Gasteiger partial charge in [0.05, 0.1) is 27.0 Å². The number of fused-ring (bicyclic) bond motifs is 1. The monoisotopic (exact) mass is 568 g/mol. The van der Waals surface area contributed by atoms with E-state index in [4.69, 9.17) is 33.0 Å². The van der Waals surface area contributed by atoms with Crippen LogP contribution in [0.3, 0.4) is 0 Å². The molecule has 2 heterocycles. The van der Waals surface area contributed by atoms with Gasteiger partial charge in [0.2, 0.25) is 0 Å². The lowest BCUT2D eigenvalue weighted by molar-refractivity contribution is -0.137. The zero-order valence-electron chi connectivity index (χ0n) is 20.9. The second kappa shape index (κ2) is 11.5. The van der Waals surface area contributed by atoms with Gasteiger partial charge in [-0.25, -0.2) is 0 Å². The van der Waals surface area contributed by atoms with Crippen LogP contribution in [0.25, 0.3) is 0 Å². The fraction of sp³-hybridized carbons (Fsp3) is 0.286.